The third-order valence-electron chi connectivity index (χ3n) is 3.12. The number of hydrogen-bond acceptors (Lipinski definition) is 3. The SMILES string of the molecule is O=Cc1ccc2c(c1)-c1cc([N+](=O)[O-])cc[n+]1C2. The molecule has 0 saturated heterocycles. The van der Waals surface area contributed by atoms with Gasteiger partial charge in [-0.2, -0.15) is 4.57 Å². The number of rotatable bonds is 2. The van der Waals surface area contributed by atoms with E-state index < -0.39 is 4.92 Å². The van der Waals surface area contributed by atoms with Crippen molar-refractivity contribution in [2.75, 3.05) is 0 Å². The van der Waals surface area contributed by atoms with E-state index >= 15 is 0 Å². The van der Waals surface area contributed by atoms with E-state index in [1.807, 2.05) is 10.6 Å². The zero-order valence-electron chi connectivity index (χ0n) is 9.37. The van der Waals surface area contributed by atoms with Gasteiger partial charge in [0.1, 0.15) is 6.29 Å². The van der Waals surface area contributed by atoms with Gasteiger partial charge < -0.3 is 0 Å². The van der Waals surface area contributed by atoms with Crippen LogP contribution in [0, 0.1) is 10.1 Å². The van der Waals surface area contributed by atoms with Gasteiger partial charge in [0.05, 0.1) is 22.6 Å². The molecule has 1 aromatic heterocycles. The van der Waals surface area contributed by atoms with Gasteiger partial charge in [0.2, 0.25) is 5.69 Å². The van der Waals surface area contributed by atoms with Gasteiger partial charge in [-0.1, -0.05) is 12.1 Å². The standard InChI is InChI=1S/C13H9N2O3/c16-8-9-1-2-10-7-14-4-3-11(15(17)18)6-13(14)12(10)5-9/h1-6,8H,7H2/q+1. The third kappa shape index (κ3) is 1.48. The topological polar surface area (TPSA) is 64.1 Å². The molecule has 3 rings (SSSR count). The van der Waals surface area contributed by atoms with Gasteiger partial charge in [0, 0.05) is 11.1 Å². The lowest BCUT2D eigenvalue weighted by atomic mass is 10.0. The van der Waals surface area contributed by atoms with Crippen LogP contribution in [-0.4, -0.2) is 11.2 Å². The molecule has 0 bridgehead atoms. The van der Waals surface area contributed by atoms with Gasteiger partial charge in [-0.15, -0.1) is 0 Å². The third-order valence-corrected chi connectivity index (χ3v) is 3.12. The molecule has 0 spiro atoms. The number of fused-ring (bicyclic) bond motifs is 3. The van der Waals surface area contributed by atoms with Crippen LogP contribution >= 0.6 is 0 Å². The van der Waals surface area contributed by atoms with Crippen molar-refractivity contribution in [2.24, 2.45) is 0 Å². The molecule has 0 N–H and O–H groups in total. The Kier molecular flexibility index (Phi) is 2.19. The molecule has 5 nitrogen and oxygen atoms in total. The van der Waals surface area contributed by atoms with Crippen molar-refractivity contribution in [1.29, 1.82) is 0 Å². The maximum absolute atomic E-state index is 10.8. The molecular weight excluding hydrogens is 232 g/mol. The van der Waals surface area contributed by atoms with Crippen LogP contribution in [0.2, 0.25) is 0 Å². The number of benzene rings is 1. The molecule has 2 heterocycles. The first kappa shape index (κ1) is 10.6. The summed E-state index contributed by atoms with van der Waals surface area (Å²) in [5.41, 5.74) is 3.38. The number of pyridine rings is 1. The average molecular weight is 241 g/mol. The highest BCUT2D eigenvalue weighted by Crippen LogP contribution is 2.29. The van der Waals surface area contributed by atoms with E-state index in [9.17, 15) is 14.9 Å². The molecule has 2 aromatic rings. The number of carbonyl (C=O) groups is 1. The Hall–Kier alpha value is -2.56. The molecule has 1 aromatic carbocycles. The van der Waals surface area contributed by atoms with Crippen LogP contribution in [0.25, 0.3) is 11.3 Å². The Balaban J connectivity index is 2.21. The quantitative estimate of drug-likeness (QED) is 0.297. The fourth-order valence-electron chi connectivity index (χ4n) is 2.23. The Morgan fingerprint density at radius 3 is 2.83 bits per heavy atom. The largest absolute Gasteiger partial charge is 0.298 e. The van der Waals surface area contributed by atoms with Crippen LogP contribution in [0.15, 0.2) is 36.5 Å². The van der Waals surface area contributed by atoms with E-state index in [4.69, 9.17) is 0 Å². The van der Waals surface area contributed by atoms with E-state index in [1.165, 1.54) is 6.07 Å². The molecule has 0 amide bonds. The van der Waals surface area contributed by atoms with Gasteiger partial charge in [-0.05, 0) is 6.07 Å². The highest BCUT2D eigenvalue weighted by Gasteiger charge is 2.28. The zero-order chi connectivity index (χ0) is 12.7. The minimum absolute atomic E-state index is 0.0607. The molecule has 18 heavy (non-hydrogen) atoms. The Morgan fingerprint density at radius 1 is 1.28 bits per heavy atom. The number of hydrogen-bond donors (Lipinski definition) is 0. The first-order chi connectivity index (χ1) is 8.69. The highest BCUT2D eigenvalue weighted by atomic mass is 16.6. The predicted molar refractivity (Wildman–Crippen MR) is 63.2 cm³/mol. The van der Waals surface area contributed by atoms with Crippen LogP contribution in [0.1, 0.15) is 15.9 Å². The second kappa shape index (κ2) is 3.73. The number of aldehydes is 1. The zero-order valence-corrected chi connectivity index (χ0v) is 9.37. The van der Waals surface area contributed by atoms with Crippen molar-refractivity contribution < 1.29 is 14.3 Å². The molecule has 88 valence electrons. The minimum Gasteiger partial charge on any atom is -0.298 e. The van der Waals surface area contributed by atoms with Gasteiger partial charge in [0.15, 0.2) is 12.7 Å². The van der Waals surface area contributed by atoms with Crippen molar-refractivity contribution in [2.45, 2.75) is 6.54 Å². The number of nitro groups is 1. The van der Waals surface area contributed by atoms with Crippen LogP contribution in [0.5, 0.6) is 0 Å². The van der Waals surface area contributed by atoms with Crippen molar-refractivity contribution in [3.05, 3.63) is 57.8 Å². The lowest BCUT2D eigenvalue weighted by molar-refractivity contribution is -0.672. The Morgan fingerprint density at radius 2 is 2.11 bits per heavy atom. The second-order valence-electron chi connectivity index (χ2n) is 4.19. The number of nitrogens with zero attached hydrogens (tertiary/aromatic N) is 2. The Labute approximate surface area is 102 Å². The molecule has 0 saturated carbocycles. The summed E-state index contributed by atoms with van der Waals surface area (Å²) in [6, 6.07) is 8.44. The summed E-state index contributed by atoms with van der Waals surface area (Å²) in [4.78, 5) is 21.1. The summed E-state index contributed by atoms with van der Waals surface area (Å²) in [6.07, 6.45) is 2.48. The van der Waals surface area contributed by atoms with Crippen molar-refractivity contribution in [3.63, 3.8) is 0 Å². The van der Waals surface area contributed by atoms with E-state index in [1.54, 1.807) is 24.4 Å². The van der Waals surface area contributed by atoms with Crippen molar-refractivity contribution in [3.8, 4) is 11.3 Å². The minimum atomic E-state index is -0.414. The normalized spacial score (nSPS) is 11.8. The van der Waals surface area contributed by atoms with E-state index in [0.29, 0.717) is 12.1 Å². The molecule has 0 fully saturated rings. The average Bonchev–Trinajstić information content (AvgIpc) is 2.75. The van der Waals surface area contributed by atoms with Crippen LogP contribution in [0.3, 0.4) is 0 Å². The smallest absolute Gasteiger partial charge is 0.282 e. The summed E-state index contributed by atoms with van der Waals surface area (Å²) in [7, 11) is 0. The number of carbonyl (C=O) groups excluding carboxylic acids is 1. The molecule has 5 heteroatoms. The first-order valence-corrected chi connectivity index (χ1v) is 5.45. The van der Waals surface area contributed by atoms with Crippen molar-refractivity contribution >= 4 is 12.0 Å². The van der Waals surface area contributed by atoms with Crippen LogP contribution in [0.4, 0.5) is 5.69 Å². The fraction of sp³-hybridized carbons (Fsp3) is 0.0769. The second-order valence-corrected chi connectivity index (χ2v) is 4.19. The van der Waals surface area contributed by atoms with Gasteiger partial charge >= 0.3 is 0 Å². The lowest BCUT2D eigenvalue weighted by Crippen LogP contribution is -2.31. The summed E-state index contributed by atoms with van der Waals surface area (Å²) in [6.45, 7) is 0.682. The molecule has 1 aliphatic rings. The van der Waals surface area contributed by atoms with E-state index in [0.717, 1.165) is 23.1 Å². The van der Waals surface area contributed by atoms with Gasteiger partial charge in [-0.3, -0.25) is 14.9 Å². The summed E-state index contributed by atoms with van der Waals surface area (Å²) >= 11 is 0. The van der Waals surface area contributed by atoms with E-state index in [2.05, 4.69) is 0 Å². The maximum Gasteiger partial charge on any atom is 0.282 e. The highest BCUT2D eigenvalue weighted by molar-refractivity contribution is 5.79. The van der Waals surface area contributed by atoms with Gasteiger partial charge in [-0.25, -0.2) is 0 Å². The fourth-order valence-corrected chi connectivity index (χ4v) is 2.23. The van der Waals surface area contributed by atoms with Crippen LogP contribution < -0.4 is 4.57 Å². The summed E-state index contributed by atoms with van der Waals surface area (Å²) < 4.78 is 1.94. The monoisotopic (exact) mass is 241 g/mol. The molecule has 0 atom stereocenters. The van der Waals surface area contributed by atoms with Gasteiger partial charge in [0.25, 0.3) is 5.69 Å². The predicted octanol–water partition coefficient (Wildman–Crippen LogP) is 1.72. The molecule has 0 radical (unpaired) electrons. The molecule has 0 aliphatic carbocycles. The first-order valence-electron chi connectivity index (χ1n) is 5.45. The van der Waals surface area contributed by atoms with E-state index in [-0.39, 0.29) is 5.69 Å². The molecular formula is C13H9N2O3+. The summed E-state index contributed by atoms with van der Waals surface area (Å²) in [5, 5.41) is 10.8. The molecule has 0 unspecified atom stereocenters. The molecule has 1 aliphatic heterocycles. The van der Waals surface area contributed by atoms with Crippen molar-refractivity contribution in [1.82, 2.24) is 0 Å². The summed E-state index contributed by atoms with van der Waals surface area (Å²) in [5.74, 6) is 0. The number of aromatic nitrogens is 1. The lowest BCUT2D eigenvalue weighted by Gasteiger charge is -1.95. The Bertz CT molecular complexity index is 680. The maximum atomic E-state index is 10.8. The van der Waals surface area contributed by atoms with Crippen LogP contribution in [-0.2, 0) is 6.54 Å².